The highest BCUT2D eigenvalue weighted by Crippen LogP contribution is 2.35. The molecule has 1 aliphatic carbocycles. The number of amides is 2. The van der Waals surface area contributed by atoms with E-state index in [0.29, 0.717) is 5.92 Å². The standard InChI is InChI=1S/C14H24N2O4/c1-20-12(13(17)18)8-15-14(19)16-7-6-10-4-2-3-5-11(10)9-16/h10-12H,2-9H2,1H3,(H,15,19)(H,17,18). The van der Waals surface area contributed by atoms with Gasteiger partial charge < -0.3 is 20.1 Å². The van der Waals surface area contributed by atoms with Crippen LogP contribution in [0.4, 0.5) is 4.79 Å². The zero-order chi connectivity index (χ0) is 14.5. The maximum absolute atomic E-state index is 12.1. The Bertz CT molecular complexity index is 361. The highest BCUT2D eigenvalue weighted by atomic mass is 16.5. The number of ether oxygens (including phenoxy) is 1. The Hall–Kier alpha value is -1.30. The van der Waals surface area contributed by atoms with Crippen molar-refractivity contribution in [3.8, 4) is 0 Å². The first kappa shape index (κ1) is 15.1. The predicted molar refractivity (Wildman–Crippen MR) is 73.5 cm³/mol. The number of carboxylic acids is 1. The highest BCUT2D eigenvalue weighted by Gasteiger charge is 2.33. The quantitative estimate of drug-likeness (QED) is 0.816. The van der Waals surface area contributed by atoms with E-state index in [0.717, 1.165) is 25.4 Å². The maximum atomic E-state index is 12.1. The van der Waals surface area contributed by atoms with Gasteiger partial charge in [-0.15, -0.1) is 0 Å². The number of hydrogen-bond acceptors (Lipinski definition) is 3. The Morgan fingerprint density at radius 1 is 1.30 bits per heavy atom. The van der Waals surface area contributed by atoms with Crippen LogP contribution in [0.3, 0.4) is 0 Å². The lowest BCUT2D eigenvalue weighted by atomic mass is 9.75. The number of methoxy groups -OCH3 is 1. The number of fused-ring (bicyclic) bond motifs is 1. The molecular formula is C14H24N2O4. The molecule has 6 heteroatoms. The van der Waals surface area contributed by atoms with Crippen LogP contribution in [-0.2, 0) is 9.53 Å². The molecule has 2 amide bonds. The van der Waals surface area contributed by atoms with E-state index >= 15 is 0 Å². The lowest BCUT2D eigenvalue weighted by Gasteiger charge is -2.41. The molecule has 2 N–H and O–H groups in total. The highest BCUT2D eigenvalue weighted by molar-refractivity contribution is 5.77. The summed E-state index contributed by atoms with van der Waals surface area (Å²) in [5.74, 6) is 0.346. The third-order valence-corrected chi connectivity index (χ3v) is 4.58. The summed E-state index contributed by atoms with van der Waals surface area (Å²) in [6.07, 6.45) is 5.19. The summed E-state index contributed by atoms with van der Waals surface area (Å²) in [5.41, 5.74) is 0. The molecule has 20 heavy (non-hydrogen) atoms. The maximum Gasteiger partial charge on any atom is 0.334 e. The fraction of sp³-hybridized carbons (Fsp3) is 0.857. The normalized spacial score (nSPS) is 27.6. The SMILES string of the molecule is COC(CNC(=O)N1CCC2CCCCC2C1)C(=O)O. The smallest absolute Gasteiger partial charge is 0.334 e. The minimum Gasteiger partial charge on any atom is -0.479 e. The Morgan fingerprint density at radius 2 is 2.00 bits per heavy atom. The molecule has 3 unspecified atom stereocenters. The van der Waals surface area contributed by atoms with Gasteiger partial charge in [0.2, 0.25) is 0 Å². The summed E-state index contributed by atoms with van der Waals surface area (Å²) in [4.78, 5) is 24.7. The zero-order valence-corrected chi connectivity index (χ0v) is 12.0. The number of carboxylic acid groups (broad SMARTS) is 1. The molecule has 1 saturated carbocycles. The van der Waals surface area contributed by atoms with E-state index in [2.05, 4.69) is 5.32 Å². The molecule has 0 bridgehead atoms. The van der Waals surface area contributed by atoms with Crippen LogP contribution in [0, 0.1) is 11.8 Å². The zero-order valence-electron chi connectivity index (χ0n) is 12.0. The van der Waals surface area contributed by atoms with E-state index in [1.807, 2.05) is 4.90 Å². The summed E-state index contributed by atoms with van der Waals surface area (Å²) < 4.78 is 4.80. The average molecular weight is 284 g/mol. The molecule has 0 radical (unpaired) electrons. The molecule has 1 aliphatic heterocycles. The first-order valence-corrected chi connectivity index (χ1v) is 7.40. The lowest BCUT2D eigenvalue weighted by Crippen LogP contribution is -2.50. The van der Waals surface area contributed by atoms with Crippen LogP contribution in [0.25, 0.3) is 0 Å². The summed E-state index contributed by atoms with van der Waals surface area (Å²) in [5, 5.41) is 11.5. The van der Waals surface area contributed by atoms with Gasteiger partial charge in [-0.2, -0.15) is 0 Å². The van der Waals surface area contributed by atoms with Gasteiger partial charge in [0.05, 0.1) is 6.54 Å². The minimum absolute atomic E-state index is 0.00919. The van der Waals surface area contributed by atoms with Crippen molar-refractivity contribution in [2.45, 2.75) is 38.2 Å². The Kier molecular flexibility index (Phi) is 5.23. The number of likely N-dealkylation sites (tertiary alicyclic amines) is 1. The average Bonchev–Trinajstić information content (AvgIpc) is 2.46. The summed E-state index contributed by atoms with van der Waals surface area (Å²) in [7, 11) is 1.33. The second kappa shape index (κ2) is 6.92. The second-order valence-corrected chi connectivity index (χ2v) is 5.79. The van der Waals surface area contributed by atoms with Gasteiger partial charge in [0, 0.05) is 20.2 Å². The van der Waals surface area contributed by atoms with Crippen LogP contribution in [0.5, 0.6) is 0 Å². The minimum atomic E-state index is -1.06. The van der Waals surface area contributed by atoms with Crippen molar-refractivity contribution in [1.82, 2.24) is 10.2 Å². The van der Waals surface area contributed by atoms with Crippen LogP contribution in [0.1, 0.15) is 32.1 Å². The molecule has 3 atom stereocenters. The van der Waals surface area contributed by atoms with Gasteiger partial charge in [0.15, 0.2) is 6.10 Å². The van der Waals surface area contributed by atoms with Gasteiger partial charge in [-0.3, -0.25) is 0 Å². The number of carbonyl (C=O) groups is 2. The molecule has 2 rings (SSSR count). The molecule has 0 aromatic heterocycles. The fourth-order valence-corrected chi connectivity index (χ4v) is 3.35. The number of carbonyl (C=O) groups excluding carboxylic acids is 1. The van der Waals surface area contributed by atoms with Gasteiger partial charge in [0.25, 0.3) is 0 Å². The van der Waals surface area contributed by atoms with Crippen LogP contribution in [-0.4, -0.2) is 54.9 Å². The van der Waals surface area contributed by atoms with Gasteiger partial charge in [-0.25, -0.2) is 9.59 Å². The molecule has 2 aliphatic rings. The number of nitrogens with zero attached hydrogens (tertiary/aromatic N) is 1. The fourth-order valence-electron chi connectivity index (χ4n) is 3.35. The predicted octanol–water partition coefficient (Wildman–Crippen LogP) is 1.31. The van der Waals surface area contributed by atoms with Crippen molar-refractivity contribution in [2.24, 2.45) is 11.8 Å². The van der Waals surface area contributed by atoms with Crippen LogP contribution >= 0.6 is 0 Å². The molecule has 2 fully saturated rings. The van der Waals surface area contributed by atoms with E-state index < -0.39 is 12.1 Å². The van der Waals surface area contributed by atoms with Crippen molar-refractivity contribution in [3.63, 3.8) is 0 Å². The first-order chi connectivity index (χ1) is 9.61. The lowest BCUT2D eigenvalue weighted by molar-refractivity contribution is -0.148. The van der Waals surface area contributed by atoms with Gasteiger partial charge in [-0.1, -0.05) is 19.3 Å². The Morgan fingerprint density at radius 3 is 2.65 bits per heavy atom. The summed E-state index contributed by atoms with van der Waals surface area (Å²) >= 11 is 0. The number of rotatable bonds is 4. The molecule has 114 valence electrons. The van der Waals surface area contributed by atoms with E-state index in [1.165, 1.54) is 32.8 Å². The number of nitrogens with one attached hydrogen (secondary N) is 1. The number of piperidine rings is 1. The van der Waals surface area contributed by atoms with E-state index in [9.17, 15) is 9.59 Å². The van der Waals surface area contributed by atoms with E-state index in [1.54, 1.807) is 0 Å². The first-order valence-electron chi connectivity index (χ1n) is 7.40. The van der Waals surface area contributed by atoms with Crippen molar-refractivity contribution in [2.75, 3.05) is 26.7 Å². The Balaban J connectivity index is 1.79. The second-order valence-electron chi connectivity index (χ2n) is 5.79. The molecule has 0 aromatic rings. The Labute approximate surface area is 119 Å². The van der Waals surface area contributed by atoms with E-state index in [4.69, 9.17) is 9.84 Å². The van der Waals surface area contributed by atoms with Crippen LogP contribution in [0.2, 0.25) is 0 Å². The topological polar surface area (TPSA) is 78.9 Å². The van der Waals surface area contributed by atoms with Gasteiger partial charge >= 0.3 is 12.0 Å². The van der Waals surface area contributed by atoms with Gasteiger partial charge in [-0.05, 0) is 24.7 Å². The van der Waals surface area contributed by atoms with Crippen LogP contribution in [0.15, 0.2) is 0 Å². The molecular weight excluding hydrogens is 260 g/mol. The molecule has 1 heterocycles. The summed E-state index contributed by atoms with van der Waals surface area (Å²) in [6, 6.07) is -0.169. The number of aliphatic carboxylic acids is 1. The third kappa shape index (κ3) is 3.62. The number of urea groups is 1. The monoisotopic (exact) mass is 284 g/mol. The van der Waals surface area contributed by atoms with Crippen molar-refractivity contribution >= 4 is 12.0 Å². The molecule has 1 saturated heterocycles. The van der Waals surface area contributed by atoms with E-state index in [-0.39, 0.29) is 12.6 Å². The van der Waals surface area contributed by atoms with Crippen LogP contribution < -0.4 is 5.32 Å². The van der Waals surface area contributed by atoms with Crippen molar-refractivity contribution in [3.05, 3.63) is 0 Å². The van der Waals surface area contributed by atoms with Crippen molar-refractivity contribution < 1.29 is 19.4 Å². The van der Waals surface area contributed by atoms with Gasteiger partial charge in [0.1, 0.15) is 0 Å². The van der Waals surface area contributed by atoms with Crippen molar-refractivity contribution in [1.29, 1.82) is 0 Å². The summed E-state index contributed by atoms with van der Waals surface area (Å²) in [6.45, 7) is 1.59. The number of hydrogen-bond donors (Lipinski definition) is 2. The largest absolute Gasteiger partial charge is 0.479 e. The molecule has 6 nitrogen and oxygen atoms in total. The molecule has 0 spiro atoms. The molecule has 0 aromatic carbocycles. The third-order valence-electron chi connectivity index (χ3n) is 4.58.